The summed E-state index contributed by atoms with van der Waals surface area (Å²) in [5, 5.41) is 3.53. The minimum absolute atomic E-state index is 0.633. The first-order chi connectivity index (χ1) is 7.70. The lowest BCUT2D eigenvalue weighted by Gasteiger charge is -2.14. The van der Waals surface area contributed by atoms with E-state index in [2.05, 4.69) is 36.1 Å². The molecule has 16 heavy (non-hydrogen) atoms. The Bertz CT molecular complexity index is 344. The fourth-order valence-electron chi connectivity index (χ4n) is 2.44. The normalized spacial score (nSPS) is 20.3. The molecule has 1 saturated heterocycles. The lowest BCUT2D eigenvalue weighted by molar-refractivity contribution is 0.595. The highest BCUT2D eigenvalue weighted by Gasteiger charge is 2.17. The quantitative estimate of drug-likeness (QED) is 0.844. The molecule has 1 unspecified atom stereocenters. The van der Waals surface area contributed by atoms with E-state index in [9.17, 15) is 0 Å². The van der Waals surface area contributed by atoms with Crippen molar-refractivity contribution in [2.24, 2.45) is 0 Å². The highest BCUT2D eigenvalue weighted by Crippen LogP contribution is 2.17. The molecule has 0 aliphatic carbocycles. The van der Waals surface area contributed by atoms with E-state index >= 15 is 0 Å². The van der Waals surface area contributed by atoms with Crippen LogP contribution in [0.25, 0.3) is 0 Å². The molecule has 2 heterocycles. The minimum Gasteiger partial charge on any atom is -0.314 e. The van der Waals surface area contributed by atoms with Crippen LogP contribution in [0.5, 0.6) is 0 Å². The van der Waals surface area contributed by atoms with Crippen LogP contribution in [0, 0.1) is 13.8 Å². The molecule has 88 valence electrons. The average molecular weight is 219 g/mol. The van der Waals surface area contributed by atoms with E-state index in [0.29, 0.717) is 6.04 Å². The van der Waals surface area contributed by atoms with Crippen molar-refractivity contribution in [3.05, 3.63) is 22.8 Å². The molecule has 0 bridgehead atoms. The number of nitrogens with zero attached hydrogens (tertiary/aromatic N) is 2. The van der Waals surface area contributed by atoms with Crippen molar-refractivity contribution in [1.29, 1.82) is 0 Å². The smallest absolute Gasteiger partial charge is 0.128 e. The van der Waals surface area contributed by atoms with Gasteiger partial charge in [0.15, 0.2) is 0 Å². The predicted molar refractivity (Wildman–Crippen MR) is 65.6 cm³/mol. The molecule has 1 fully saturated rings. The third-order valence-electron chi connectivity index (χ3n) is 3.40. The first kappa shape index (κ1) is 11.5. The molecule has 0 saturated carbocycles. The van der Waals surface area contributed by atoms with E-state index in [1.807, 2.05) is 0 Å². The summed E-state index contributed by atoms with van der Waals surface area (Å²) in [6.45, 7) is 7.49. The van der Waals surface area contributed by atoms with Gasteiger partial charge in [0.1, 0.15) is 5.82 Å². The van der Waals surface area contributed by atoms with Gasteiger partial charge >= 0.3 is 0 Å². The number of nitrogens with one attached hydrogen (secondary N) is 1. The third kappa shape index (κ3) is 2.40. The number of aromatic nitrogens is 2. The summed E-state index contributed by atoms with van der Waals surface area (Å²) < 4.78 is 0. The highest BCUT2D eigenvalue weighted by atomic mass is 14.9. The molecule has 1 aromatic heterocycles. The molecular weight excluding hydrogens is 198 g/mol. The monoisotopic (exact) mass is 219 g/mol. The highest BCUT2D eigenvalue weighted by molar-refractivity contribution is 5.25. The second kappa shape index (κ2) is 4.91. The van der Waals surface area contributed by atoms with Gasteiger partial charge in [-0.05, 0) is 45.2 Å². The number of hydrogen-bond acceptors (Lipinski definition) is 3. The summed E-state index contributed by atoms with van der Waals surface area (Å²) in [4.78, 5) is 9.11. The van der Waals surface area contributed by atoms with Crippen molar-refractivity contribution < 1.29 is 0 Å². The lowest BCUT2D eigenvalue weighted by Crippen LogP contribution is -2.25. The molecule has 3 heteroatoms. The van der Waals surface area contributed by atoms with E-state index < -0.39 is 0 Å². The molecule has 1 aliphatic heterocycles. The Balaban J connectivity index is 2.19. The van der Waals surface area contributed by atoms with E-state index in [4.69, 9.17) is 0 Å². The van der Waals surface area contributed by atoms with Crippen LogP contribution in [-0.2, 0) is 12.8 Å². The molecular formula is C13H21N3. The van der Waals surface area contributed by atoms with Crippen molar-refractivity contribution in [2.75, 3.05) is 6.54 Å². The van der Waals surface area contributed by atoms with Gasteiger partial charge in [-0.15, -0.1) is 0 Å². The first-order valence-electron chi connectivity index (χ1n) is 6.27. The molecule has 1 aromatic rings. The zero-order valence-corrected chi connectivity index (χ0v) is 10.5. The second-order valence-corrected chi connectivity index (χ2v) is 4.64. The summed E-state index contributed by atoms with van der Waals surface area (Å²) in [5.74, 6) is 0.970. The minimum atomic E-state index is 0.633. The van der Waals surface area contributed by atoms with Crippen molar-refractivity contribution in [2.45, 2.75) is 52.5 Å². The average Bonchev–Trinajstić information content (AvgIpc) is 2.75. The van der Waals surface area contributed by atoms with Gasteiger partial charge in [-0.1, -0.05) is 6.92 Å². The topological polar surface area (TPSA) is 37.8 Å². The summed E-state index contributed by atoms with van der Waals surface area (Å²) in [7, 11) is 0. The van der Waals surface area contributed by atoms with E-state index in [1.165, 1.54) is 18.4 Å². The fourth-order valence-corrected chi connectivity index (χ4v) is 2.44. The van der Waals surface area contributed by atoms with Crippen LogP contribution >= 0.6 is 0 Å². The summed E-state index contributed by atoms with van der Waals surface area (Å²) >= 11 is 0. The fraction of sp³-hybridized carbons (Fsp3) is 0.692. The van der Waals surface area contributed by atoms with E-state index in [1.54, 1.807) is 0 Å². The van der Waals surface area contributed by atoms with Crippen LogP contribution < -0.4 is 5.32 Å². The Morgan fingerprint density at radius 3 is 2.44 bits per heavy atom. The van der Waals surface area contributed by atoms with Crippen LogP contribution in [0.2, 0.25) is 0 Å². The van der Waals surface area contributed by atoms with Crippen LogP contribution in [-0.4, -0.2) is 22.6 Å². The number of hydrogen-bond donors (Lipinski definition) is 1. The Morgan fingerprint density at radius 1 is 1.25 bits per heavy atom. The Kier molecular flexibility index (Phi) is 3.54. The molecule has 0 amide bonds. The van der Waals surface area contributed by atoms with Gasteiger partial charge in [0.2, 0.25) is 0 Å². The van der Waals surface area contributed by atoms with Crippen LogP contribution in [0.15, 0.2) is 0 Å². The van der Waals surface area contributed by atoms with Crippen LogP contribution in [0.4, 0.5) is 0 Å². The predicted octanol–water partition coefficient (Wildman–Crippen LogP) is 1.95. The van der Waals surface area contributed by atoms with Crippen molar-refractivity contribution in [1.82, 2.24) is 15.3 Å². The van der Waals surface area contributed by atoms with Gasteiger partial charge in [0.25, 0.3) is 0 Å². The standard InChI is InChI=1S/C13H21N3/c1-4-13-15-9(2)12(10(3)16-13)8-11-6-5-7-14-11/h11,14H,4-8H2,1-3H3. The van der Waals surface area contributed by atoms with E-state index in [-0.39, 0.29) is 0 Å². The zero-order chi connectivity index (χ0) is 11.5. The second-order valence-electron chi connectivity index (χ2n) is 4.64. The molecule has 1 atom stereocenters. The summed E-state index contributed by atoms with van der Waals surface area (Å²) in [6, 6.07) is 0.633. The first-order valence-corrected chi connectivity index (χ1v) is 6.27. The SMILES string of the molecule is CCc1nc(C)c(CC2CCCN2)c(C)n1. The number of aryl methyl sites for hydroxylation is 3. The maximum Gasteiger partial charge on any atom is 0.128 e. The molecule has 1 aliphatic rings. The van der Waals surface area contributed by atoms with Gasteiger partial charge in [-0.2, -0.15) is 0 Å². The molecule has 3 nitrogen and oxygen atoms in total. The molecule has 2 rings (SSSR count). The maximum absolute atomic E-state index is 4.56. The van der Waals surface area contributed by atoms with Crippen LogP contribution in [0.3, 0.4) is 0 Å². The third-order valence-corrected chi connectivity index (χ3v) is 3.40. The lowest BCUT2D eigenvalue weighted by atomic mass is 10.0. The Morgan fingerprint density at radius 2 is 1.94 bits per heavy atom. The van der Waals surface area contributed by atoms with Gasteiger partial charge in [-0.3, -0.25) is 0 Å². The van der Waals surface area contributed by atoms with Crippen molar-refractivity contribution in [3.8, 4) is 0 Å². The van der Waals surface area contributed by atoms with Gasteiger partial charge in [0.05, 0.1) is 0 Å². The zero-order valence-electron chi connectivity index (χ0n) is 10.5. The largest absolute Gasteiger partial charge is 0.314 e. The summed E-state index contributed by atoms with van der Waals surface area (Å²) in [5.41, 5.74) is 3.67. The number of rotatable bonds is 3. The molecule has 0 spiro atoms. The molecule has 0 aromatic carbocycles. The van der Waals surface area contributed by atoms with Crippen molar-refractivity contribution in [3.63, 3.8) is 0 Å². The molecule has 0 radical (unpaired) electrons. The van der Waals surface area contributed by atoms with Crippen molar-refractivity contribution >= 4 is 0 Å². The summed E-state index contributed by atoms with van der Waals surface area (Å²) in [6.07, 6.45) is 4.59. The van der Waals surface area contributed by atoms with Gasteiger partial charge in [-0.25, -0.2) is 9.97 Å². The maximum atomic E-state index is 4.56. The van der Waals surface area contributed by atoms with E-state index in [0.717, 1.165) is 36.6 Å². The molecule has 1 N–H and O–H groups in total. The Labute approximate surface area is 97.7 Å². The Hall–Kier alpha value is -0.960. The van der Waals surface area contributed by atoms with Gasteiger partial charge in [0, 0.05) is 23.9 Å². The van der Waals surface area contributed by atoms with Crippen LogP contribution in [0.1, 0.15) is 42.5 Å². The van der Waals surface area contributed by atoms with Gasteiger partial charge < -0.3 is 5.32 Å².